The van der Waals surface area contributed by atoms with E-state index in [1.807, 2.05) is 109 Å². The van der Waals surface area contributed by atoms with Gasteiger partial charge in [0.05, 0.1) is 11.0 Å². The molecule has 1 heteroatoms. The predicted octanol–water partition coefficient (Wildman–Crippen LogP) is 12.7. The lowest BCUT2D eigenvalue weighted by molar-refractivity contribution is 0.669. The Morgan fingerprint density at radius 2 is 1.00 bits per heavy atom. The number of hydrogen-bond donors (Lipinski definition) is 0. The summed E-state index contributed by atoms with van der Waals surface area (Å²) < 4.78 is 79.2. The highest BCUT2D eigenvalue weighted by atomic mass is 16.3. The Morgan fingerprint density at radius 1 is 0.400 bits per heavy atom. The van der Waals surface area contributed by atoms with Crippen molar-refractivity contribution in [3.63, 3.8) is 0 Å². The van der Waals surface area contributed by atoms with Crippen LogP contribution in [0, 0.1) is 0 Å². The fourth-order valence-electron chi connectivity index (χ4n) is 7.14. The molecule has 0 radical (unpaired) electrons. The Kier molecular flexibility index (Phi) is 3.72. The second-order valence-electron chi connectivity index (χ2n) is 11.4. The third-order valence-corrected chi connectivity index (χ3v) is 9.08. The maximum Gasteiger partial charge on any atom is 0.136 e. The summed E-state index contributed by atoms with van der Waals surface area (Å²) in [6, 6.07) is 32.3. The van der Waals surface area contributed by atoms with Crippen molar-refractivity contribution in [2.45, 2.75) is 0 Å². The molecule has 208 valence electrons. The van der Waals surface area contributed by atoms with Gasteiger partial charge in [0.15, 0.2) is 0 Å². The van der Waals surface area contributed by atoms with E-state index in [-0.39, 0.29) is 51.3 Å². The number of benzene rings is 9. The van der Waals surface area contributed by atoms with Gasteiger partial charge in [-0.05, 0) is 94.3 Å². The monoisotopic (exact) mass is 578 g/mol. The lowest BCUT2D eigenvalue weighted by atomic mass is 9.84. The second kappa shape index (κ2) is 9.29. The van der Waals surface area contributed by atoms with Gasteiger partial charge in [-0.25, -0.2) is 0 Å². The van der Waals surface area contributed by atoms with E-state index in [1.165, 1.54) is 0 Å². The zero-order valence-electron chi connectivity index (χ0n) is 31.8. The summed E-state index contributed by atoms with van der Waals surface area (Å²) >= 11 is 0. The summed E-state index contributed by atoms with van der Waals surface area (Å²) in [5.41, 5.74) is 2.95. The minimum atomic E-state index is -0.435. The van der Waals surface area contributed by atoms with Crippen LogP contribution in [0.4, 0.5) is 0 Å². The fourth-order valence-corrected chi connectivity index (χ4v) is 7.14. The van der Waals surface area contributed by atoms with Gasteiger partial charge in [0, 0.05) is 10.8 Å². The van der Waals surface area contributed by atoms with E-state index < -0.39 is 24.2 Å². The molecule has 0 aliphatic carbocycles. The van der Waals surface area contributed by atoms with Crippen molar-refractivity contribution in [2.24, 2.45) is 0 Å². The average molecular weight is 579 g/mol. The summed E-state index contributed by atoms with van der Waals surface area (Å²) in [6.45, 7) is 0. The van der Waals surface area contributed by atoms with Gasteiger partial charge in [0.25, 0.3) is 0 Å². The molecule has 0 amide bonds. The smallest absolute Gasteiger partial charge is 0.136 e. The third-order valence-electron chi connectivity index (χ3n) is 9.08. The molecule has 0 unspecified atom stereocenters. The molecule has 1 nitrogen and oxygen atoms in total. The molecule has 0 fully saturated rings. The van der Waals surface area contributed by atoms with E-state index in [0.717, 1.165) is 43.1 Å². The van der Waals surface area contributed by atoms with Gasteiger partial charge in [-0.15, -0.1) is 0 Å². The average Bonchev–Trinajstić information content (AvgIpc) is 3.57. The molecule has 1 aromatic heterocycles. The first-order chi connectivity index (χ1) is 25.7. The van der Waals surface area contributed by atoms with Gasteiger partial charge in [-0.2, -0.15) is 0 Å². The van der Waals surface area contributed by atoms with Crippen molar-refractivity contribution in [2.75, 3.05) is 0 Å². The SMILES string of the molecule is [2H]c1c([2H])c([2H])c2c(-c3cccc4c3ccc3ccccc34)c3c([2H])c([2H])c([2H])c([2H])c3c(-c3ccc4c(c3)oc3ccc5ccccc5c34)c2c1[2H]. The first kappa shape index (κ1) is 18.0. The Morgan fingerprint density at radius 3 is 1.76 bits per heavy atom. The van der Waals surface area contributed by atoms with Crippen molar-refractivity contribution < 1.29 is 15.4 Å². The van der Waals surface area contributed by atoms with Crippen LogP contribution in [-0.4, -0.2) is 0 Å². The van der Waals surface area contributed by atoms with Crippen LogP contribution in [0.25, 0.3) is 98.1 Å². The quantitative estimate of drug-likeness (QED) is 0.147. The molecule has 0 spiro atoms. The van der Waals surface area contributed by atoms with Crippen LogP contribution in [0.3, 0.4) is 0 Å². The van der Waals surface area contributed by atoms with Crippen LogP contribution in [-0.2, 0) is 0 Å². The van der Waals surface area contributed by atoms with E-state index in [9.17, 15) is 5.48 Å². The summed E-state index contributed by atoms with van der Waals surface area (Å²) in [5, 5.41) is 8.32. The first-order valence-corrected chi connectivity index (χ1v) is 14.9. The summed E-state index contributed by atoms with van der Waals surface area (Å²) in [6.07, 6.45) is 0. The van der Waals surface area contributed by atoms with Crippen LogP contribution < -0.4 is 0 Å². The van der Waals surface area contributed by atoms with E-state index in [1.54, 1.807) is 0 Å². The first-order valence-electron chi connectivity index (χ1n) is 18.9. The number of rotatable bonds is 2. The molecule has 0 aliphatic heterocycles. The maximum atomic E-state index is 9.39. The van der Waals surface area contributed by atoms with Gasteiger partial charge in [-0.3, -0.25) is 0 Å². The molecule has 10 rings (SSSR count). The molecule has 0 atom stereocenters. The van der Waals surface area contributed by atoms with Crippen LogP contribution in [0.15, 0.2) is 162 Å². The largest absolute Gasteiger partial charge is 0.456 e. The Hall–Kier alpha value is -5.92. The topological polar surface area (TPSA) is 13.1 Å². The Labute approximate surface area is 270 Å². The number of hydrogen-bond acceptors (Lipinski definition) is 1. The fraction of sp³-hybridized carbons (Fsp3) is 0. The van der Waals surface area contributed by atoms with Crippen molar-refractivity contribution >= 4 is 75.8 Å². The van der Waals surface area contributed by atoms with Gasteiger partial charge in [0.2, 0.25) is 0 Å². The molecule has 9 aromatic carbocycles. The van der Waals surface area contributed by atoms with Gasteiger partial charge >= 0.3 is 0 Å². The van der Waals surface area contributed by atoms with Crippen LogP contribution >= 0.6 is 0 Å². The zero-order chi connectivity index (χ0) is 36.4. The minimum Gasteiger partial charge on any atom is -0.456 e. The van der Waals surface area contributed by atoms with Crippen molar-refractivity contribution in [3.8, 4) is 22.3 Å². The van der Waals surface area contributed by atoms with E-state index in [2.05, 4.69) is 0 Å². The molecule has 0 aliphatic rings. The zero-order valence-corrected chi connectivity index (χ0v) is 23.8. The second-order valence-corrected chi connectivity index (χ2v) is 11.4. The van der Waals surface area contributed by atoms with E-state index in [0.29, 0.717) is 27.9 Å². The normalized spacial score (nSPS) is 14.5. The highest BCUT2D eigenvalue weighted by Gasteiger charge is 2.19. The minimum absolute atomic E-state index is 0.169. The molecule has 0 saturated heterocycles. The van der Waals surface area contributed by atoms with Gasteiger partial charge < -0.3 is 4.42 Å². The van der Waals surface area contributed by atoms with Crippen LogP contribution in [0.5, 0.6) is 0 Å². The van der Waals surface area contributed by atoms with E-state index >= 15 is 0 Å². The molecule has 1 heterocycles. The molecule has 0 bridgehead atoms. The van der Waals surface area contributed by atoms with Crippen molar-refractivity contribution in [1.82, 2.24) is 0 Å². The lowest BCUT2D eigenvalue weighted by Crippen LogP contribution is -1.91. The number of fused-ring (bicyclic) bond motifs is 10. The number of furan rings is 1. The van der Waals surface area contributed by atoms with Crippen LogP contribution in [0.1, 0.15) is 11.0 Å². The Bertz CT molecular complexity index is 3190. The highest BCUT2D eigenvalue weighted by molar-refractivity contribution is 6.25. The maximum absolute atomic E-state index is 9.39. The summed E-state index contributed by atoms with van der Waals surface area (Å²) in [7, 11) is 0. The van der Waals surface area contributed by atoms with Gasteiger partial charge in [0.1, 0.15) is 11.2 Å². The standard InChI is InChI=1S/C44H26O/c1-3-12-30-27(10-1)20-23-33-32(30)18-9-19-34(33)43-37-16-7-5-14-35(37)42(36-15-6-8-17-38(36)43)29-21-24-39-41(26-29)45-40-25-22-28-11-2-4-13-31(28)44(39)40/h1-26H/i5D,6D,7D,8D,14D,15D,16D,17D. The molecule has 45 heavy (non-hydrogen) atoms. The van der Waals surface area contributed by atoms with E-state index in [4.69, 9.17) is 9.90 Å². The predicted molar refractivity (Wildman–Crippen MR) is 192 cm³/mol. The summed E-state index contributed by atoms with van der Waals surface area (Å²) in [4.78, 5) is 0. The highest BCUT2D eigenvalue weighted by Crippen LogP contribution is 2.46. The molecule has 0 N–H and O–H groups in total. The molecular formula is C44H26O. The third kappa shape index (κ3) is 3.50. The van der Waals surface area contributed by atoms with Gasteiger partial charge in [-0.1, -0.05) is 139 Å². The summed E-state index contributed by atoms with van der Waals surface area (Å²) in [5.74, 6) is 0. The molecular weight excluding hydrogens is 544 g/mol. The lowest BCUT2D eigenvalue weighted by Gasteiger charge is -2.19. The molecule has 10 aromatic rings. The van der Waals surface area contributed by atoms with Crippen molar-refractivity contribution in [1.29, 1.82) is 0 Å². The molecule has 0 saturated carbocycles. The van der Waals surface area contributed by atoms with Crippen molar-refractivity contribution in [3.05, 3.63) is 158 Å². The van der Waals surface area contributed by atoms with Crippen LogP contribution in [0.2, 0.25) is 0 Å². The Balaban J connectivity index is 1.43.